The van der Waals surface area contributed by atoms with E-state index in [-0.39, 0.29) is 25.0 Å². The Morgan fingerprint density at radius 2 is 1.82 bits per heavy atom. The van der Waals surface area contributed by atoms with Crippen LogP contribution in [0.25, 0.3) is 16.5 Å². The highest BCUT2D eigenvalue weighted by molar-refractivity contribution is 7.13. The van der Waals surface area contributed by atoms with Gasteiger partial charge in [0, 0.05) is 16.9 Å². The normalized spacial score (nSPS) is 10.6. The molecule has 0 aliphatic carbocycles. The van der Waals surface area contributed by atoms with Crippen molar-refractivity contribution in [1.82, 2.24) is 0 Å². The molecule has 3 aromatic rings. The summed E-state index contributed by atoms with van der Waals surface area (Å²) in [7, 11) is 0. The molecule has 1 N–H and O–H groups in total. The molecule has 3 nitrogen and oxygen atoms in total. The van der Waals surface area contributed by atoms with E-state index >= 15 is 0 Å². The third-order valence-electron chi connectivity index (χ3n) is 4.21. The number of thiophene rings is 1. The van der Waals surface area contributed by atoms with Gasteiger partial charge in [-0.15, -0.1) is 11.3 Å². The maximum atomic E-state index is 14.3. The summed E-state index contributed by atoms with van der Waals surface area (Å²) >= 11 is 1.52. The lowest BCUT2D eigenvalue weighted by Gasteiger charge is -2.11. The maximum Gasteiger partial charge on any atom is 0.303 e. The Kier molecular flexibility index (Phi) is 6.21. The second-order valence-corrected chi connectivity index (χ2v) is 7.09. The molecule has 28 heavy (non-hydrogen) atoms. The summed E-state index contributed by atoms with van der Waals surface area (Å²) in [6.45, 7) is 3.75. The van der Waals surface area contributed by atoms with E-state index in [1.165, 1.54) is 11.3 Å². The minimum absolute atomic E-state index is 0.0182. The van der Waals surface area contributed by atoms with Gasteiger partial charge in [0.1, 0.15) is 6.61 Å². The second-order valence-electron chi connectivity index (χ2n) is 6.17. The van der Waals surface area contributed by atoms with Gasteiger partial charge >= 0.3 is 5.97 Å². The van der Waals surface area contributed by atoms with E-state index in [1.54, 1.807) is 6.08 Å². The third-order valence-corrected chi connectivity index (χ3v) is 5.22. The highest BCUT2D eigenvalue weighted by Gasteiger charge is 2.15. The average Bonchev–Trinajstić information content (AvgIpc) is 3.14. The van der Waals surface area contributed by atoms with Gasteiger partial charge in [-0.2, -0.15) is 0 Å². The lowest BCUT2D eigenvalue weighted by atomic mass is 10.1. The van der Waals surface area contributed by atoms with Crippen molar-refractivity contribution in [2.75, 3.05) is 0 Å². The fourth-order valence-corrected chi connectivity index (χ4v) is 3.69. The van der Waals surface area contributed by atoms with Crippen molar-refractivity contribution in [2.24, 2.45) is 0 Å². The number of rotatable bonds is 8. The minimum Gasteiger partial charge on any atom is -0.483 e. The Bertz CT molecular complexity index is 970. The monoisotopic (exact) mass is 400 g/mol. The number of benzene rings is 2. The fourth-order valence-electron chi connectivity index (χ4n) is 2.77. The zero-order valence-corrected chi connectivity index (χ0v) is 15.8. The lowest BCUT2D eigenvalue weighted by molar-refractivity contribution is -0.136. The quantitative estimate of drug-likeness (QED) is 0.510. The van der Waals surface area contributed by atoms with Gasteiger partial charge in [0.25, 0.3) is 0 Å². The van der Waals surface area contributed by atoms with Crippen LogP contribution in [-0.4, -0.2) is 11.1 Å². The van der Waals surface area contributed by atoms with E-state index in [2.05, 4.69) is 6.58 Å². The van der Waals surface area contributed by atoms with Crippen LogP contribution in [0, 0.1) is 11.6 Å². The summed E-state index contributed by atoms with van der Waals surface area (Å²) in [6.07, 6.45) is 1.62. The van der Waals surface area contributed by atoms with E-state index < -0.39 is 23.4 Å². The zero-order chi connectivity index (χ0) is 20.1. The van der Waals surface area contributed by atoms with Crippen molar-refractivity contribution < 1.29 is 23.4 Å². The third kappa shape index (κ3) is 4.64. The molecule has 0 fully saturated rings. The van der Waals surface area contributed by atoms with E-state index in [9.17, 15) is 13.6 Å². The molecule has 1 heterocycles. The molecule has 0 saturated heterocycles. The smallest absolute Gasteiger partial charge is 0.303 e. The van der Waals surface area contributed by atoms with Gasteiger partial charge in [-0.3, -0.25) is 4.79 Å². The first kappa shape index (κ1) is 19.8. The molecular formula is C22H18F2O3S. The molecule has 6 heteroatoms. The van der Waals surface area contributed by atoms with Crippen molar-refractivity contribution >= 4 is 23.4 Å². The summed E-state index contributed by atoms with van der Waals surface area (Å²) in [5.41, 5.74) is 3.10. The molecule has 0 unspecified atom stereocenters. The Hall–Kier alpha value is -2.99. The van der Waals surface area contributed by atoms with Gasteiger partial charge in [-0.1, -0.05) is 36.9 Å². The fraction of sp³-hybridized carbons (Fsp3) is 0.136. The summed E-state index contributed by atoms with van der Waals surface area (Å²) < 4.78 is 33.9. The van der Waals surface area contributed by atoms with Crippen molar-refractivity contribution in [3.8, 4) is 16.2 Å². The first-order valence-corrected chi connectivity index (χ1v) is 9.47. The molecule has 0 bridgehead atoms. The number of aliphatic carboxylic acids is 1. The molecule has 0 saturated carbocycles. The topological polar surface area (TPSA) is 46.5 Å². The Labute approximate surface area is 165 Å². The number of carboxylic acids is 1. The van der Waals surface area contributed by atoms with Crippen LogP contribution in [0.1, 0.15) is 23.1 Å². The zero-order valence-electron chi connectivity index (χ0n) is 15.0. The van der Waals surface area contributed by atoms with E-state index in [0.717, 1.165) is 33.7 Å². The molecule has 0 radical (unpaired) electrons. The number of carbonyl (C=O) groups is 1. The summed E-state index contributed by atoms with van der Waals surface area (Å²) in [6, 6.07) is 11.9. The minimum atomic E-state index is -1.02. The standard InChI is InChI=1S/C22H18F2O3S/c1-2-14-3-6-16(7-4-14)22-17(9-10-28-22)13-27-21-18(23)11-15(12-19(21)24)5-8-20(25)26/h2-4,6-7,9-12H,1,5,8,13H2,(H,25,26). The highest BCUT2D eigenvalue weighted by Crippen LogP contribution is 2.32. The molecule has 0 spiro atoms. The van der Waals surface area contributed by atoms with Crippen molar-refractivity contribution in [2.45, 2.75) is 19.4 Å². The molecule has 3 rings (SSSR count). The van der Waals surface area contributed by atoms with Crippen LogP contribution in [0.2, 0.25) is 0 Å². The first-order chi connectivity index (χ1) is 13.5. The Morgan fingerprint density at radius 1 is 1.14 bits per heavy atom. The SMILES string of the molecule is C=Cc1ccc(-c2sccc2COc2c(F)cc(CCC(=O)O)cc2F)cc1. The largest absolute Gasteiger partial charge is 0.483 e. The number of hydrogen-bond acceptors (Lipinski definition) is 3. The van der Waals surface area contributed by atoms with Gasteiger partial charge in [-0.25, -0.2) is 8.78 Å². The van der Waals surface area contributed by atoms with Crippen LogP contribution in [0.3, 0.4) is 0 Å². The Balaban J connectivity index is 1.75. The molecule has 144 valence electrons. The second kappa shape index (κ2) is 8.80. The number of carboxylic acid groups (broad SMARTS) is 1. The van der Waals surface area contributed by atoms with Crippen LogP contribution in [0.5, 0.6) is 5.75 Å². The van der Waals surface area contributed by atoms with Crippen LogP contribution in [0.15, 0.2) is 54.4 Å². The van der Waals surface area contributed by atoms with Gasteiger partial charge in [0.2, 0.25) is 0 Å². The number of ether oxygens (including phenoxy) is 1. The number of halogens is 2. The first-order valence-electron chi connectivity index (χ1n) is 8.59. The van der Waals surface area contributed by atoms with Crippen LogP contribution < -0.4 is 4.74 Å². The molecule has 0 aliphatic rings. The van der Waals surface area contributed by atoms with Crippen molar-refractivity contribution in [1.29, 1.82) is 0 Å². The molecule has 0 amide bonds. The van der Waals surface area contributed by atoms with Crippen molar-refractivity contribution in [3.05, 3.63) is 82.7 Å². The van der Waals surface area contributed by atoms with Crippen LogP contribution in [-0.2, 0) is 17.8 Å². The lowest BCUT2D eigenvalue weighted by Crippen LogP contribution is -2.03. The molecule has 0 atom stereocenters. The van der Waals surface area contributed by atoms with E-state index in [0.29, 0.717) is 0 Å². The molecular weight excluding hydrogens is 382 g/mol. The average molecular weight is 400 g/mol. The number of hydrogen-bond donors (Lipinski definition) is 1. The van der Waals surface area contributed by atoms with Crippen molar-refractivity contribution in [3.63, 3.8) is 0 Å². The van der Waals surface area contributed by atoms with Gasteiger partial charge in [0.05, 0.1) is 0 Å². The summed E-state index contributed by atoms with van der Waals surface area (Å²) in [5.74, 6) is -3.16. The maximum absolute atomic E-state index is 14.3. The molecule has 1 aromatic heterocycles. The van der Waals surface area contributed by atoms with Gasteiger partial charge < -0.3 is 9.84 Å². The summed E-state index contributed by atoms with van der Waals surface area (Å²) in [4.78, 5) is 11.6. The van der Waals surface area contributed by atoms with Gasteiger partial charge in [0.15, 0.2) is 17.4 Å². The van der Waals surface area contributed by atoms with E-state index in [4.69, 9.17) is 9.84 Å². The number of aryl methyl sites for hydroxylation is 1. The van der Waals surface area contributed by atoms with Crippen LogP contribution >= 0.6 is 11.3 Å². The molecule has 2 aromatic carbocycles. The summed E-state index contributed by atoms with van der Waals surface area (Å²) in [5, 5.41) is 10.6. The van der Waals surface area contributed by atoms with Gasteiger partial charge in [-0.05, 0) is 46.7 Å². The predicted molar refractivity (Wildman–Crippen MR) is 106 cm³/mol. The Morgan fingerprint density at radius 3 is 2.43 bits per heavy atom. The highest BCUT2D eigenvalue weighted by atomic mass is 32.1. The van der Waals surface area contributed by atoms with E-state index in [1.807, 2.05) is 35.7 Å². The predicted octanol–water partition coefficient (Wildman–Crippen LogP) is 5.93. The molecule has 0 aliphatic heterocycles. The van der Waals surface area contributed by atoms with Crippen LogP contribution in [0.4, 0.5) is 8.78 Å².